The van der Waals surface area contributed by atoms with Crippen LogP contribution in [0.15, 0.2) is 30.4 Å². The van der Waals surface area contributed by atoms with Crippen LogP contribution in [0.25, 0.3) is 0 Å². The normalized spacial score (nSPS) is 34.2. The number of amides is 2. The number of rotatable bonds is 1. The van der Waals surface area contributed by atoms with Crippen LogP contribution in [-0.4, -0.2) is 24.0 Å². The summed E-state index contributed by atoms with van der Waals surface area (Å²) in [6, 6.07) is 5.84. The molecule has 0 aromatic heterocycles. The van der Waals surface area contributed by atoms with Crippen molar-refractivity contribution in [2.75, 3.05) is 4.90 Å². The number of ether oxygens (including phenoxy) is 1. The van der Waals surface area contributed by atoms with E-state index in [-0.39, 0.29) is 35.9 Å². The standard InChI is InChI=1S/C16H15NO3/c1-8-3-4-9(2)10(7-8)17-15(18)13-11-5-6-12(20-11)14(13)16(17)19/h3-7,11-14H,1-2H3/t11-,12-,13-,14+/m1/s1. The van der Waals surface area contributed by atoms with Gasteiger partial charge in [-0.05, 0) is 31.0 Å². The molecule has 4 rings (SSSR count). The molecule has 102 valence electrons. The fourth-order valence-corrected chi connectivity index (χ4v) is 3.50. The molecule has 3 aliphatic heterocycles. The zero-order valence-corrected chi connectivity index (χ0v) is 11.4. The molecule has 4 atom stereocenters. The number of hydrogen-bond acceptors (Lipinski definition) is 3. The van der Waals surface area contributed by atoms with Gasteiger partial charge in [-0.3, -0.25) is 9.59 Å². The molecule has 2 amide bonds. The summed E-state index contributed by atoms with van der Waals surface area (Å²) in [5, 5.41) is 0. The second-order valence-electron chi connectivity index (χ2n) is 5.80. The van der Waals surface area contributed by atoms with Gasteiger partial charge in [0.25, 0.3) is 0 Å². The molecule has 3 heterocycles. The van der Waals surface area contributed by atoms with Gasteiger partial charge in [-0.2, -0.15) is 0 Å². The molecule has 3 aliphatic rings. The highest BCUT2D eigenvalue weighted by Gasteiger charge is 2.61. The minimum absolute atomic E-state index is 0.120. The zero-order valence-electron chi connectivity index (χ0n) is 11.4. The van der Waals surface area contributed by atoms with Crippen LogP contribution in [0.5, 0.6) is 0 Å². The van der Waals surface area contributed by atoms with E-state index in [1.54, 1.807) is 0 Å². The van der Waals surface area contributed by atoms with Gasteiger partial charge in [0.2, 0.25) is 11.8 Å². The highest BCUT2D eigenvalue weighted by molar-refractivity contribution is 6.23. The van der Waals surface area contributed by atoms with Crippen LogP contribution in [0, 0.1) is 25.7 Å². The van der Waals surface area contributed by atoms with Crippen LogP contribution < -0.4 is 4.90 Å². The molecule has 0 N–H and O–H groups in total. The number of benzene rings is 1. The fraction of sp³-hybridized carbons (Fsp3) is 0.375. The topological polar surface area (TPSA) is 46.6 Å². The highest BCUT2D eigenvalue weighted by atomic mass is 16.5. The molecule has 4 heteroatoms. The van der Waals surface area contributed by atoms with E-state index in [0.29, 0.717) is 5.69 Å². The minimum atomic E-state index is -0.336. The van der Waals surface area contributed by atoms with Gasteiger partial charge in [-0.1, -0.05) is 24.3 Å². The van der Waals surface area contributed by atoms with Crippen LogP contribution in [-0.2, 0) is 14.3 Å². The zero-order chi connectivity index (χ0) is 14.0. The smallest absolute Gasteiger partial charge is 0.240 e. The largest absolute Gasteiger partial charge is 0.365 e. The summed E-state index contributed by atoms with van der Waals surface area (Å²) in [6.45, 7) is 3.88. The lowest BCUT2D eigenvalue weighted by Crippen LogP contribution is -2.34. The molecular formula is C16H15NO3. The maximum absolute atomic E-state index is 12.6. The van der Waals surface area contributed by atoms with Crippen molar-refractivity contribution in [3.05, 3.63) is 41.5 Å². The predicted molar refractivity (Wildman–Crippen MR) is 73.2 cm³/mol. The average Bonchev–Trinajstić information content (AvgIpc) is 3.08. The summed E-state index contributed by atoms with van der Waals surface area (Å²) < 4.78 is 5.64. The molecule has 0 unspecified atom stereocenters. The Bertz CT molecular complexity index is 634. The number of anilines is 1. The third kappa shape index (κ3) is 1.34. The van der Waals surface area contributed by atoms with Crippen LogP contribution in [0.1, 0.15) is 11.1 Å². The lowest BCUT2D eigenvalue weighted by molar-refractivity contribution is -0.124. The number of imide groups is 1. The molecule has 2 bridgehead atoms. The molecule has 20 heavy (non-hydrogen) atoms. The van der Waals surface area contributed by atoms with Gasteiger partial charge in [0.05, 0.1) is 29.7 Å². The van der Waals surface area contributed by atoms with Crippen molar-refractivity contribution in [3.8, 4) is 0 Å². The van der Waals surface area contributed by atoms with Crippen LogP contribution in [0.3, 0.4) is 0 Å². The Morgan fingerprint density at radius 3 is 2.20 bits per heavy atom. The van der Waals surface area contributed by atoms with E-state index < -0.39 is 0 Å². The first-order chi connectivity index (χ1) is 9.58. The van der Waals surface area contributed by atoms with Crippen LogP contribution in [0.4, 0.5) is 5.69 Å². The highest BCUT2D eigenvalue weighted by Crippen LogP contribution is 2.46. The third-order valence-electron chi connectivity index (χ3n) is 4.52. The van der Waals surface area contributed by atoms with Crippen molar-refractivity contribution in [2.45, 2.75) is 26.1 Å². The SMILES string of the molecule is Cc1ccc(C)c(N2C(=O)[C@@H]3[C@H](C2=O)[C@H]2C=C[C@H]3O2)c1. The number of aryl methyl sites for hydroxylation is 2. The number of fused-ring (bicyclic) bond motifs is 5. The number of carbonyl (C=O) groups is 2. The molecule has 0 aliphatic carbocycles. The van der Waals surface area contributed by atoms with Gasteiger partial charge in [-0.15, -0.1) is 0 Å². The molecule has 0 radical (unpaired) electrons. The second-order valence-corrected chi connectivity index (χ2v) is 5.80. The van der Waals surface area contributed by atoms with Crippen molar-refractivity contribution < 1.29 is 14.3 Å². The van der Waals surface area contributed by atoms with Gasteiger partial charge in [0, 0.05) is 0 Å². The average molecular weight is 269 g/mol. The molecule has 1 aromatic carbocycles. The Morgan fingerprint density at radius 1 is 1.00 bits per heavy atom. The van der Waals surface area contributed by atoms with Crippen LogP contribution in [0.2, 0.25) is 0 Å². The van der Waals surface area contributed by atoms with Crippen molar-refractivity contribution >= 4 is 17.5 Å². The Kier molecular flexibility index (Phi) is 2.25. The van der Waals surface area contributed by atoms with E-state index in [4.69, 9.17) is 4.74 Å². The van der Waals surface area contributed by atoms with Gasteiger partial charge in [0.1, 0.15) is 0 Å². The van der Waals surface area contributed by atoms with E-state index in [1.165, 1.54) is 4.90 Å². The van der Waals surface area contributed by atoms with Gasteiger partial charge < -0.3 is 4.74 Å². The number of carbonyl (C=O) groups excluding carboxylic acids is 2. The monoisotopic (exact) mass is 269 g/mol. The first kappa shape index (κ1) is 11.9. The fourth-order valence-electron chi connectivity index (χ4n) is 3.50. The van der Waals surface area contributed by atoms with Crippen molar-refractivity contribution in [2.24, 2.45) is 11.8 Å². The Balaban J connectivity index is 1.80. The molecule has 1 aromatic rings. The van der Waals surface area contributed by atoms with Gasteiger partial charge in [0.15, 0.2) is 0 Å². The van der Waals surface area contributed by atoms with Crippen LogP contribution >= 0.6 is 0 Å². The van der Waals surface area contributed by atoms with E-state index in [0.717, 1.165) is 11.1 Å². The molecule has 2 saturated heterocycles. The molecular weight excluding hydrogens is 254 g/mol. The first-order valence-electron chi connectivity index (χ1n) is 6.87. The summed E-state index contributed by atoms with van der Waals surface area (Å²) >= 11 is 0. The molecule has 0 saturated carbocycles. The first-order valence-corrected chi connectivity index (χ1v) is 6.87. The molecule has 2 fully saturated rings. The molecule has 4 nitrogen and oxygen atoms in total. The van der Waals surface area contributed by atoms with Gasteiger partial charge >= 0.3 is 0 Å². The maximum Gasteiger partial charge on any atom is 0.240 e. The van der Waals surface area contributed by atoms with E-state index in [1.807, 2.05) is 44.2 Å². The second kappa shape index (κ2) is 3.79. The van der Waals surface area contributed by atoms with E-state index in [9.17, 15) is 9.59 Å². The third-order valence-corrected chi connectivity index (χ3v) is 4.52. The summed E-state index contributed by atoms with van der Waals surface area (Å²) in [4.78, 5) is 26.7. The quantitative estimate of drug-likeness (QED) is 0.576. The number of nitrogens with zero attached hydrogens (tertiary/aromatic N) is 1. The Morgan fingerprint density at radius 2 is 1.60 bits per heavy atom. The minimum Gasteiger partial charge on any atom is -0.365 e. The van der Waals surface area contributed by atoms with Gasteiger partial charge in [-0.25, -0.2) is 4.90 Å². The number of hydrogen-bond donors (Lipinski definition) is 0. The Labute approximate surface area is 117 Å². The maximum atomic E-state index is 12.6. The Hall–Kier alpha value is -1.94. The summed E-state index contributed by atoms with van der Waals surface area (Å²) in [5.74, 6) is -0.911. The lowest BCUT2D eigenvalue weighted by atomic mass is 9.85. The summed E-state index contributed by atoms with van der Waals surface area (Å²) in [5.41, 5.74) is 2.70. The lowest BCUT2D eigenvalue weighted by Gasteiger charge is -2.20. The van der Waals surface area contributed by atoms with E-state index >= 15 is 0 Å². The van der Waals surface area contributed by atoms with Crippen molar-refractivity contribution in [1.29, 1.82) is 0 Å². The molecule has 0 spiro atoms. The van der Waals surface area contributed by atoms with Crippen molar-refractivity contribution in [1.82, 2.24) is 0 Å². The van der Waals surface area contributed by atoms with E-state index in [2.05, 4.69) is 0 Å². The summed E-state index contributed by atoms with van der Waals surface area (Å²) in [6.07, 6.45) is 3.36. The summed E-state index contributed by atoms with van der Waals surface area (Å²) in [7, 11) is 0. The predicted octanol–water partition coefficient (Wildman–Crippen LogP) is 1.75. The van der Waals surface area contributed by atoms with Crippen molar-refractivity contribution in [3.63, 3.8) is 0 Å².